The van der Waals surface area contributed by atoms with Crippen molar-refractivity contribution in [1.29, 1.82) is 0 Å². The summed E-state index contributed by atoms with van der Waals surface area (Å²) >= 11 is 0. The Morgan fingerprint density at radius 3 is 2.42 bits per heavy atom. The Hall–Kier alpha value is -1.43. The molecule has 0 aliphatic rings. The highest BCUT2D eigenvalue weighted by Crippen LogP contribution is 2.05. The zero-order chi connectivity index (χ0) is 13.9. The molecular weight excluding hydrogens is 244 g/mol. The van der Waals surface area contributed by atoms with Crippen LogP contribution in [0.1, 0.15) is 11.1 Å². The summed E-state index contributed by atoms with van der Waals surface area (Å²) in [5, 5.41) is 5.85. The molecule has 0 saturated carbocycles. The lowest BCUT2D eigenvalue weighted by Gasteiger charge is -2.07. The molecular formula is C14H22N2O3. The zero-order valence-electron chi connectivity index (χ0n) is 11.6. The third-order valence-corrected chi connectivity index (χ3v) is 2.59. The summed E-state index contributed by atoms with van der Waals surface area (Å²) in [5.41, 5.74) is 2.20. The first-order valence-electron chi connectivity index (χ1n) is 6.29. The van der Waals surface area contributed by atoms with Gasteiger partial charge in [-0.2, -0.15) is 0 Å². The molecule has 0 heterocycles. The van der Waals surface area contributed by atoms with E-state index in [1.807, 2.05) is 24.3 Å². The average molecular weight is 266 g/mol. The molecule has 1 aromatic rings. The maximum absolute atomic E-state index is 11.5. The van der Waals surface area contributed by atoms with E-state index in [-0.39, 0.29) is 5.91 Å². The van der Waals surface area contributed by atoms with Crippen molar-refractivity contribution >= 4 is 5.91 Å². The molecule has 0 saturated heterocycles. The molecule has 5 nitrogen and oxygen atoms in total. The minimum absolute atomic E-state index is 0.0166. The molecule has 19 heavy (non-hydrogen) atoms. The highest BCUT2D eigenvalue weighted by Gasteiger charge is 2.00. The lowest BCUT2D eigenvalue weighted by Crippen LogP contribution is -2.34. The van der Waals surface area contributed by atoms with Gasteiger partial charge in [0.15, 0.2) is 0 Å². The second-order valence-electron chi connectivity index (χ2n) is 4.20. The van der Waals surface area contributed by atoms with Crippen LogP contribution in [0.25, 0.3) is 0 Å². The van der Waals surface area contributed by atoms with Gasteiger partial charge in [0, 0.05) is 27.3 Å². The zero-order valence-corrected chi connectivity index (χ0v) is 11.6. The molecule has 5 heteroatoms. The summed E-state index contributed by atoms with van der Waals surface area (Å²) in [6, 6.07) is 7.99. The van der Waals surface area contributed by atoms with Crippen molar-refractivity contribution in [2.45, 2.75) is 13.2 Å². The van der Waals surface area contributed by atoms with Gasteiger partial charge in [-0.25, -0.2) is 0 Å². The number of hydrogen-bond acceptors (Lipinski definition) is 4. The first-order valence-corrected chi connectivity index (χ1v) is 6.29. The van der Waals surface area contributed by atoms with E-state index in [1.165, 1.54) is 0 Å². The van der Waals surface area contributed by atoms with E-state index in [0.717, 1.165) is 11.1 Å². The van der Waals surface area contributed by atoms with Crippen molar-refractivity contribution in [3.63, 3.8) is 0 Å². The number of nitrogens with one attached hydrogen (secondary N) is 2. The fourth-order valence-corrected chi connectivity index (χ4v) is 1.56. The molecule has 0 bridgehead atoms. The Kier molecular flexibility index (Phi) is 7.81. The van der Waals surface area contributed by atoms with Crippen molar-refractivity contribution in [2.75, 3.05) is 33.9 Å². The molecule has 0 fully saturated rings. The Labute approximate surface area is 114 Å². The fraction of sp³-hybridized carbons (Fsp3) is 0.500. The monoisotopic (exact) mass is 266 g/mol. The van der Waals surface area contributed by atoms with E-state index in [0.29, 0.717) is 32.8 Å². The van der Waals surface area contributed by atoms with Gasteiger partial charge in [0.1, 0.15) is 0 Å². The lowest BCUT2D eigenvalue weighted by atomic mass is 10.1. The molecule has 106 valence electrons. The van der Waals surface area contributed by atoms with Crippen LogP contribution in [0.3, 0.4) is 0 Å². The van der Waals surface area contributed by atoms with Gasteiger partial charge in [-0.15, -0.1) is 0 Å². The number of methoxy groups -OCH3 is 2. The van der Waals surface area contributed by atoms with E-state index in [2.05, 4.69) is 10.6 Å². The topological polar surface area (TPSA) is 59.6 Å². The first-order chi connectivity index (χ1) is 9.26. The molecule has 0 spiro atoms. The summed E-state index contributed by atoms with van der Waals surface area (Å²) in [6.45, 7) is 2.74. The van der Waals surface area contributed by atoms with Crippen LogP contribution in [0.15, 0.2) is 24.3 Å². The van der Waals surface area contributed by atoms with Gasteiger partial charge in [0.25, 0.3) is 0 Å². The summed E-state index contributed by atoms with van der Waals surface area (Å²) in [4.78, 5) is 11.5. The standard InChI is InChI=1S/C14H22N2O3/c1-18-8-7-15-10-14(17)16-9-12-3-5-13(6-4-12)11-19-2/h3-6,15H,7-11H2,1-2H3,(H,16,17). The molecule has 1 aromatic carbocycles. The number of carbonyl (C=O) groups is 1. The Balaban J connectivity index is 2.22. The quantitative estimate of drug-likeness (QED) is 0.646. The second-order valence-corrected chi connectivity index (χ2v) is 4.20. The predicted molar refractivity (Wildman–Crippen MR) is 73.7 cm³/mol. The Bertz CT molecular complexity index is 365. The molecule has 2 N–H and O–H groups in total. The third kappa shape index (κ3) is 6.91. The van der Waals surface area contributed by atoms with Crippen LogP contribution < -0.4 is 10.6 Å². The largest absolute Gasteiger partial charge is 0.383 e. The van der Waals surface area contributed by atoms with Crippen LogP contribution in [0.4, 0.5) is 0 Å². The first kappa shape index (κ1) is 15.6. The van der Waals surface area contributed by atoms with Crippen LogP contribution >= 0.6 is 0 Å². The number of rotatable bonds is 9. The van der Waals surface area contributed by atoms with Crippen molar-refractivity contribution in [3.05, 3.63) is 35.4 Å². The fourth-order valence-electron chi connectivity index (χ4n) is 1.56. The third-order valence-electron chi connectivity index (χ3n) is 2.59. The van der Waals surface area contributed by atoms with Crippen LogP contribution in [0.5, 0.6) is 0 Å². The number of benzene rings is 1. The van der Waals surface area contributed by atoms with Gasteiger partial charge in [-0.05, 0) is 11.1 Å². The summed E-state index contributed by atoms with van der Waals surface area (Å²) in [7, 11) is 3.31. The summed E-state index contributed by atoms with van der Waals surface area (Å²) < 4.78 is 9.92. The molecule has 0 unspecified atom stereocenters. The average Bonchev–Trinajstić information content (AvgIpc) is 2.43. The van der Waals surface area contributed by atoms with Crippen molar-refractivity contribution in [1.82, 2.24) is 10.6 Å². The summed E-state index contributed by atoms with van der Waals surface area (Å²) in [5.74, 6) is -0.0166. The van der Waals surface area contributed by atoms with Crippen LogP contribution in [0, 0.1) is 0 Å². The lowest BCUT2D eigenvalue weighted by molar-refractivity contribution is -0.120. The molecule has 0 radical (unpaired) electrons. The molecule has 1 rings (SSSR count). The van der Waals surface area contributed by atoms with Gasteiger partial charge in [0.05, 0.1) is 19.8 Å². The maximum Gasteiger partial charge on any atom is 0.234 e. The van der Waals surface area contributed by atoms with Crippen molar-refractivity contribution in [2.24, 2.45) is 0 Å². The number of amides is 1. The second kappa shape index (κ2) is 9.49. The van der Waals surface area contributed by atoms with Gasteiger partial charge >= 0.3 is 0 Å². The van der Waals surface area contributed by atoms with Gasteiger partial charge in [-0.1, -0.05) is 24.3 Å². The highest BCUT2D eigenvalue weighted by atomic mass is 16.5. The number of hydrogen-bond donors (Lipinski definition) is 2. The van der Waals surface area contributed by atoms with Crippen LogP contribution in [-0.2, 0) is 27.4 Å². The van der Waals surface area contributed by atoms with Gasteiger partial charge in [0.2, 0.25) is 5.91 Å². The van der Waals surface area contributed by atoms with Crippen LogP contribution in [0.2, 0.25) is 0 Å². The maximum atomic E-state index is 11.5. The minimum Gasteiger partial charge on any atom is -0.383 e. The van der Waals surface area contributed by atoms with Gasteiger partial charge < -0.3 is 20.1 Å². The molecule has 0 aromatic heterocycles. The van der Waals surface area contributed by atoms with Crippen molar-refractivity contribution < 1.29 is 14.3 Å². The van der Waals surface area contributed by atoms with E-state index in [9.17, 15) is 4.79 Å². The number of ether oxygens (including phenoxy) is 2. The summed E-state index contributed by atoms with van der Waals surface area (Å²) in [6.07, 6.45) is 0. The molecule has 0 aliphatic carbocycles. The van der Waals surface area contributed by atoms with E-state index < -0.39 is 0 Å². The van der Waals surface area contributed by atoms with E-state index in [4.69, 9.17) is 9.47 Å². The number of carbonyl (C=O) groups excluding carboxylic acids is 1. The van der Waals surface area contributed by atoms with Gasteiger partial charge in [-0.3, -0.25) is 4.79 Å². The van der Waals surface area contributed by atoms with E-state index in [1.54, 1.807) is 14.2 Å². The minimum atomic E-state index is -0.0166. The SMILES string of the molecule is COCCNCC(=O)NCc1ccc(COC)cc1. The molecule has 1 amide bonds. The Morgan fingerprint density at radius 2 is 1.79 bits per heavy atom. The van der Waals surface area contributed by atoms with Crippen LogP contribution in [-0.4, -0.2) is 39.8 Å². The predicted octanol–water partition coefficient (Wildman–Crippen LogP) is 0.685. The normalized spacial score (nSPS) is 10.4. The smallest absolute Gasteiger partial charge is 0.234 e. The highest BCUT2D eigenvalue weighted by molar-refractivity contribution is 5.77. The van der Waals surface area contributed by atoms with E-state index >= 15 is 0 Å². The Morgan fingerprint density at radius 1 is 1.11 bits per heavy atom. The molecule has 0 atom stereocenters. The van der Waals surface area contributed by atoms with Crippen molar-refractivity contribution in [3.8, 4) is 0 Å². The molecule has 0 aliphatic heterocycles.